The van der Waals surface area contributed by atoms with Gasteiger partial charge < -0.3 is 8.85 Å². The molecule has 0 aliphatic carbocycles. The Balaban J connectivity index is 5.45. The molecule has 29 heteroatoms. The molecule has 0 aliphatic heterocycles. The Morgan fingerprint density at radius 3 is 0.689 bits per heavy atom. The summed E-state index contributed by atoms with van der Waals surface area (Å²) in [4.78, 5) is 0. The van der Waals surface area contributed by atoms with E-state index in [1.807, 2.05) is 0 Å². The van der Waals surface area contributed by atoms with Crippen molar-refractivity contribution >= 4 is 10.0 Å². The number of rotatable bonds is 16. The van der Waals surface area contributed by atoms with Crippen LogP contribution in [0.5, 0.6) is 0 Å². The zero-order chi connectivity index (χ0) is 36.9. The third kappa shape index (κ3) is 6.84. The van der Waals surface area contributed by atoms with Gasteiger partial charge in [0.2, 0.25) is 0 Å². The van der Waals surface area contributed by atoms with Crippen LogP contribution in [0.15, 0.2) is 0 Å². The molecule has 0 aliphatic rings. The van der Waals surface area contributed by atoms with Crippen LogP contribution in [0, 0.1) is 0 Å². The highest BCUT2D eigenvalue weighted by molar-refractivity contribution is 6.17. The van der Waals surface area contributed by atoms with Crippen LogP contribution in [-0.4, -0.2) is 94.8 Å². The second-order valence-corrected chi connectivity index (χ2v) is 9.02. The fourth-order valence-electron chi connectivity index (χ4n) is 2.40. The summed E-state index contributed by atoms with van der Waals surface area (Å²) in [5, 5.41) is 0. The Hall–Kier alpha value is -1.68. The first kappa shape index (κ1) is 43.3. The highest BCUT2D eigenvalue weighted by atomic mass is 28.3. The van der Waals surface area contributed by atoms with Gasteiger partial charge in [-0.05, 0) is 0 Å². The molecule has 0 aromatic rings. The van der Waals surface area contributed by atoms with E-state index in [4.69, 9.17) is 0 Å². The quantitative estimate of drug-likeness (QED) is 0.0892. The van der Waals surface area contributed by atoms with Gasteiger partial charge in [0.1, 0.15) is 0 Å². The molecule has 270 valence electrons. The number of hydrogen-bond donors (Lipinski definition) is 0. The predicted molar refractivity (Wildman–Crippen MR) is 88.5 cm³/mol. The van der Waals surface area contributed by atoms with E-state index in [2.05, 4.69) is 8.85 Å². The van der Waals surface area contributed by atoms with Crippen LogP contribution >= 0.6 is 0 Å². The maximum Gasteiger partial charge on any atom is 0.460 e. The van der Waals surface area contributed by atoms with Crippen LogP contribution in [0.1, 0.15) is 12.8 Å². The molecule has 0 atom stereocenters. The molecular weight excluding hydrogens is 746 g/mol. The lowest BCUT2D eigenvalue weighted by Gasteiger charge is -2.39. The average molecular weight is 754 g/mol. The molecule has 2 nitrogen and oxygen atoms in total. The smallest absolute Gasteiger partial charge is 0.392 e. The van der Waals surface area contributed by atoms with Gasteiger partial charge in [0.15, 0.2) is 0 Å². The predicted octanol–water partition coefficient (Wildman–Crippen LogP) is 8.81. The molecule has 0 rings (SSSR count). The second-order valence-electron chi connectivity index (χ2n) is 8.28. The van der Waals surface area contributed by atoms with E-state index < -0.39 is 108 Å². The first-order valence-corrected chi connectivity index (χ1v) is 10.9. The van der Waals surface area contributed by atoms with Crippen molar-refractivity contribution < 1.29 is 123 Å². The van der Waals surface area contributed by atoms with Gasteiger partial charge in [-0.3, -0.25) is 0 Å². The molecule has 45 heavy (non-hydrogen) atoms. The van der Waals surface area contributed by atoms with Crippen LogP contribution in [-0.2, 0) is 8.85 Å². The third-order valence-corrected chi connectivity index (χ3v) is 5.79. The van der Waals surface area contributed by atoms with Gasteiger partial charge in [0.25, 0.3) is 0 Å². The van der Waals surface area contributed by atoms with E-state index in [9.17, 15) is 114 Å². The zero-order valence-corrected chi connectivity index (χ0v) is 21.0. The van der Waals surface area contributed by atoms with Gasteiger partial charge in [0.05, 0.1) is 0 Å². The van der Waals surface area contributed by atoms with Gasteiger partial charge in [-0.1, -0.05) is 0 Å². The molecule has 0 spiro atoms. The van der Waals surface area contributed by atoms with Crippen molar-refractivity contribution in [1.82, 2.24) is 0 Å². The minimum absolute atomic E-state index is 2.23. The maximum atomic E-state index is 13.5. The highest BCUT2D eigenvalue weighted by Crippen LogP contribution is 2.62. The molecule has 0 saturated carbocycles. The van der Waals surface area contributed by atoms with Crippen molar-refractivity contribution in [1.29, 1.82) is 0 Å². The fraction of sp³-hybridized carbons (Fsp3) is 1.00. The van der Waals surface area contributed by atoms with Gasteiger partial charge in [-0.15, -0.1) is 0 Å². The third-order valence-electron chi connectivity index (χ3n) is 5.15. The van der Waals surface area contributed by atoms with Crippen molar-refractivity contribution in [3.05, 3.63) is 0 Å². The van der Waals surface area contributed by atoms with E-state index in [0.29, 0.717) is 0 Å². The molecule has 2 radical (unpaired) electrons. The SMILES string of the molecule is FC(F)(F)C(F)(F)C(F)(F)C(F)(F)C(F)(F)C(F)(F)CCO[Si]OCCC(F)(F)C(F)(F)C(F)(F)C(F)(F)C(F)(F)C(F)(F)F. The minimum atomic E-state index is -8.24. The minimum Gasteiger partial charge on any atom is -0.392 e. The van der Waals surface area contributed by atoms with Crippen LogP contribution < -0.4 is 0 Å². The van der Waals surface area contributed by atoms with Crippen molar-refractivity contribution in [3.8, 4) is 0 Å². The lowest BCUT2D eigenvalue weighted by Crippen LogP contribution is -2.70. The molecule has 0 N–H and O–H groups in total. The number of alkyl halides is 26. The van der Waals surface area contributed by atoms with E-state index in [-0.39, 0.29) is 0 Å². The molecule has 0 unspecified atom stereocenters. The van der Waals surface area contributed by atoms with Gasteiger partial charge in [-0.25, -0.2) is 0 Å². The van der Waals surface area contributed by atoms with E-state index in [0.717, 1.165) is 0 Å². The molecule has 0 aromatic heterocycles. The van der Waals surface area contributed by atoms with Crippen LogP contribution in [0.4, 0.5) is 114 Å². The molecule has 0 saturated heterocycles. The maximum absolute atomic E-state index is 13.5. The fourth-order valence-corrected chi connectivity index (χ4v) is 2.86. The largest absolute Gasteiger partial charge is 0.460 e. The average Bonchev–Trinajstić information content (AvgIpc) is 2.80. The summed E-state index contributed by atoms with van der Waals surface area (Å²) in [6.07, 6.45) is -21.4. The Kier molecular flexibility index (Phi) is 11.6. The summed E-state index contributed by atoms with van der Waals surface area (Å²) < 4.78 is 343. The molecule has 0 heterocycles. The Labute approximate surface area is 232 Å². The van der Waals surface area contributed by atoms with Crippen LogP contribution in [0.3, 0.4) is 0 Å². The second kappa shape index (κ2) is 12.1. The molecular formula is C16H8F26O2Si. The van der Waals surface area contributed by atoms with E-state index >= 15 is 0 Å². The van der Waals surface area contributed by atoms with Crippen LogP contribution in [0.2, 0.25) is 0 Å². The van der Waals surface area contributed by atoms with Crippen molar-refractivity contribution in [2.45, 2.75) is 84.4 Å². The lowest BCUT2D eigenvalue weighted by atomic mass is 9.93. The molecule has 0 bridgehead atoms. The molecule has 0 amide bonds. The van der Waals surface area contributed by atoms with Crippen LogP contribution in [0.25, 0.3) is 0 Å². The summed E-state index contributed by atoms with van der Waals surface area (Å²) in [5.41, 5.74) is 0. The normalized spacial score (nSPS) is 16.4. The van der Waals surface area contributed by atoms with Gasteiger partial charge in [-0.2, -0.15) is 114 Å². The lowest BCUT2D eigenvalue weighted by molar-refractivity contribution is -0.440. The summed E-state index contributed by atoms with van der Waals surface area (Å²) >= 11 is 0. The number of halogens is 26. The van der Waals surface area contributed by atoms with E-state index in [1.165, 1.54) is 0 Å². The first-order valence-electron chi connectivity index (χ1n) is 10.1. The highest BCUT2D eigenvalue weighted by Gasteiger charge is 2.92. The van der Waals surface area contributed by atoms with E-state index in [1.54, 1.807) is 0 Å². The summed E-state index contributed by atoms with van der Waals surface area (Å²) in [7, 11) is -2.28. The topological polar surface area (TPSA) is 18.5 Å². The summed E-state index contributed by atoms with van der Waals surface area (Å²) in [6.45, 7) is -4.47. The first-order chi connectivity index (χ1) is 19.2. The van der Waals surface area contributed by atoms with Crippen molar-refractivity contribution in [3.63, 3.8) is 0 Å². The monoisotopic (exact) mass is 754 g/mol. The Bertz CT molecular complexity index is 918. The zero-order valence-electron chi connectivity index (χ0n) is 20.0. The number of hydrogen-bond acceptors (Lipinski definition) is 2. The Morgan fingerprint density at radius 1 is 0.289 bits per heavy atom. The van der Waals surface area contributed by atoms with Gasteiger partial charge in [0, 0.05) is 26.1 Å². The molecule has 0 aromatic carbocycles. The Morgan fingerprint density at radius 2 is 0.489 bits per heavy atom. The standard InChI is InChI=1S/C16H8F26O2Si/c17-5(18,7(21,22)9(25,26)11(29,30)13(33,34)15(37,38)39)1-3-43-45-44-4-2-6(19,20)8(23,24)10(27,28)12(31,32)14(35,36)16(40,41)42/h1-4H2. The van der Waals surface area contributed by atoms with Crippen molar-refractivity contribution in [2.75, 3.05) is 13.2 Å². The summed E-state index contributed by atoms with van der Waals surface area (Å²) in [6, 6.07) is 0. The van der Waals surface area contributed by atoms with Gasteiger partial charge >= 0.3 is 81.6 Å². The van der Waals surface area contributed by atoms with Crippen molar-refractivity contribution in [2.24, 2.45) is 0 Å². The summed E-state index contributed by atoms with van der Waals surface area (Å²) in [5.74, 6) is -77.8. The molecule has 0 fully saturated rings.